The topological polar surface area (TPSA) is 119 Å². The van der Waals surface area contributed by atoms with Crippen LogP contribution in [0.3, 0.4) is 0 Å². The van der Waals surface area contributed by atoms with Crippen LogP contribution in [0.1, 0.15) is 41.8 Å². The first-order chi connectivity index (χ1) is 14.1. The summed E-state index contributed by atoms with van der Waals surface area (Å²) in [5.74, 6) is -0.847. The van der Waals surface area contributed by atoms with Crippen molar-refractivity contribution >= 4 is 29.2 Å². The van der Waals surface area contributed by atoms with Crippen LogP contribution in [0.5, 0.6) is 5.75 Å². The van der Waals surface area contributed by atoms with Crippen LogP contribution in [-0.4, -0.2) is 34.4 Å². The summed E-state index contributed by atoms with van der Waals surface area (Å²) in [6, 6.07) is 9.67. The summed E-state index contributed by atoms with van der Waals surface area (Å²) in [5.41, 5.74) is 1.41. The Bertz CT molecular complexity index is 1070. The molecule has 8 heteroatoms. The highest BCUT2D eigenvalue weighted by Crippen LogP contribution is 2.32. The number of nitrogens with zero attached hydrogens (tertiary/aromatic N) is 1. The largest absolute Gasteiger partial charge is 0.478 e. The fraction of sp³-hybridized carbons (Fsp3) is 0.273. The quantitative estimate of drug-likeness (QED) is 0.418. The molecule has 0 atom stereocenters. The molecule has 2 aromatic rings. The number of hydrogen-bond donors (Lipinski definition) is 2. The Morgan fingerprint density at radius 1 is 1.23 bits per heavy atom. The molecule has 0 saturated heterocycles. The first-order valence-electron chi connectivity index (χ1n) is 9.39. The Morgan fingerprint density at radius 2 is 1.97 bits per heavy atom. The molecule has 156 valence electrons. The van der Waals surface area contributed by atoms with E-state index in [1.54, 1.807) is 43.5 Å². The zero-order chi connectivity index (χ0) is 22.1. The van der Waals surface area contributed by atoms with E-state index in [0.717, 1.165) is 5.56 Å². The van der Waals surface area contributed by atoms with E-state index in [-0.39, 0.29) is 11.5 Å². The lowest BCUT2D eigenvalue weighted by Gasteiger charge is -2.23. The Balaban J connectivity index is 1.88. The summed E-state index contributed by atoms with van der Waals surface area (Å²) in [6.07, 6.45) is 2.73. The number of carboxylic acids is 1. The Hall–Kier alpha value is -3.68. The van der Waals surface area contributed by atoms with Crippen molar-refractivity contribution in [1.29, 1.82) is 0 Å². The van der Waals surface area contributed by atoms with Gasteiger partial charge in [0.25, 0.3) is 5.69 Å². The normalized spacial score (nSPS) is 14.9. The standard InChI is InChI=1S/C22H22N2O6/c1-22(2,21(26)27)30-16-7-8-17-14(12-16)5-6-15(20(17)25)10-13-4-9-18(23-3)19(11-13)24(28)29/h4,7-12,23H,5-6H2,1-3H3,(H,26,27)/b15-10-. The number of ether oxygens (including phenoxy) is 1. The van der Waals surface area contributed by atoms with Crippen molar-refractivity contribution in [2.24, 2.45) is 0 Å². The molecule has 0 amide bonds. The number of aliphatic carboxylic acids is 1. The summed E-state index contributed by atoms with van der Waals surface area (Å²) >= 11 is 0. The SMILES string of the molecule is CNc1ccc(/C=C2/CCc3cc(OC(C)(C)C(=O)O)ccc3C2=O)cc1[N+](=O)[O-]. The molecule has 3 rings (SSSR count). The molecule has 0 aliphatic heterocycles. The number of carbonyl (C=O) groups is 2. The lowest BCUT2D eigenvalue weighted by molar-refractivity contribution is -0.384. The monoisotopic (exact) mass is 410 g/mol. The molecule has 0 fully saturated rings. The minimum atomic E-state index is -1.38. The molecular weight excluding hydrogens is 388 g/mol. The fourth-order valence-electron chi connectivity index (χ4n) is 3.30. The van der Waals surface area contributed by atoms with E-state index in [1.165, 1.54) is 19.9 Å². The van der Waals surface area contributed by atoms with Gasteiger partial charge in [-0.3, -0.25) is 14.9 Å². The van der Waals surface area contributed by atoms with E-state index in [0.29, 0.717) is 41.0 Å². The average molecular weight is 410 g/mol. The van der Waals surface area contributed by atoms with Gasteiger partial charge in [-0.2, -0.15) is 0 Å². The number of hydrogen-bond acceptors (Lipinski definition) is 6. The van der Waals surface area contributed by atoms with Crippen LogP contribution in [0.4, 0.5) is 11.4 Å². The smallest absolute Gasteiger partial charge is 0.347 e. The molecule has 0 bridgehead atoms. The van der Waals surface area contributed by atoms with E-state index < -0.39 is 16.5 Å². The number of carboxylic acid groups (broad SMARTS) is 1. The number of rotatable bonds is 6. The van der Waals surface area contributed by atoms with Gasteiger partial charge in [-0.15, -0.1) is 0 Å². The Labute approximate surface area is 173 Å². The van der Waals surface area contributed by atoms with Crippen molar-refractivity contribution in [3.63, 3.8) is 0 Å². The molecule has 2 aromatic carbocycles. The molecule has 0 saturated carbocycles. The van der Waals surface area contributed by atoms with E-state index in [4.69, 9.17) is 4.74 Å². The third-order valence-corrected chi connectivity index (χ3v) is 4.99. The van der Waals surface area contributed by atoms with Crippen molar-refractivity contribution in [3.05, 3.63) is 68.8 Å². The fourth-order valence-corrected chi connectivity index (χ4v) is 3.30. The first-order valence-corrected chi connectivity index (χ1v) is 9.39. The minimum absolute atomic E-state index is 0.0571. The second kappa shape index (κ2) is 7.98. The van der Waals surface area contributed by atoms with Crippen molar-refractivity contribution in [2.75, 3.05) is 12.4 Å². The Kier molecular flexibility index (Phi) is 5.60. The van der Waals surface area contributed by atoms with Crippen molar-refractivity contribution in [3.8, 4) is 5.75 Å². The van der Waals surface area contributed by atoms with Crippen molar-refractivity contribution < 1.29 is 24.4 Å². The molecule has 8 nitrogen and oxygen atoms in total. The maximum atomic E-state index is 12.9. The third kappa shape index (κ3) is 4.17. The van der Waals surface area contributed by atoms with Gasteiger partial charge in [0, 0.05) is 24.3 Å². The molecule has 1 aliphatic rings. The lowest BCUT2D eigenvalue weighted by Crippen LogP contribution is -2.37. The third-order valence-electron chi connectivity index (χ3n) is 4.99. The van der Waals surface area contributed by atoms with Crippen LogP contribution in [-0.2, 0) is 11.2 Å². The van der Waals surface area contributed by atoms with Crippen LogP contribution in [0.2, 0.25) is 0 Å². The van der Waals surface area contributed by atoms with Gasteiger partial charge in [0.15, 0.2) is 11.4 Å². The predicted molar refractivity (Wildman–Crippen MR) is 112 cm³/mol. The summed E-state index contributed by atoms with van der Waals surface area (Å²) in [4.78, 5) is 35.0. The molecule has 2 N–H and O–H groups in total. The second-order valence-electron chi connectivity index (χ2n) is 7.52. The van der Waals surface area contributed by atoms with Gasteiger partial charge in [-0.1, -0.05) is 6.07 Å². The molecule has 0 aromatic heterocycles. The van der Waals surface area contributed by atoms with Gasteiger partial charge in [0.05, 0.1) is 4.92 Å². The maximum Gasteiger partial charge on any atom is 0.347 e. The molecule has 0 radical (unpaired) electrons. The van der Waals surface area contributed by atoms with Gasteiger partial charge in [0.1, 0.15) is 11.4 Å². The molecule has 0 spiro atoms. The highest BCUT2D eigenvalue weighted by Gasteiger charge is 2.30. The zero-order valence-corrected chi connectivity index (χ0v) is 16.9. The average Bonchev–Trinajstić information content (AvgIpc) is 2.69. The first kappa shape index (κ1) is 21.0. The molecule has 0 heterocycles. The molecular formula is C22H22N2O6. The van der Waals surface area contributed by atoms with Crippen LogP contribution in [0, 0.1) is 10.1 Å². The summed E-state index contributed by atoms with van der Waals surface area (Å²) in [6.45, 7) is 2.92. The van der Waals surface area contributed by atoms with Gasteiger partial charge in [-0.05, 0) is 68.2 Å². The maximum absolute atomic E-state index is 12.9. The second-order valence-corrected chi connectivity index (χ2v) is 7.52. The number of allylic oxidation sites excluding steroid dienone is 1. The number of nitrogens with one attached hydrogen (secondary N) is 1. The Morgan fingerprint density at radius 3 is 2.60 bits per heavy atom. The van der Waals surface area contributed by atoms with Gasteiger partial charge in [-0.25, -0.2) is 4.79 Å². The van der Waals surface area contributed by atoms with E-state index in [1.807, 2.05) is 0 Å². The number of nitro benzene ring substituents is 1. The number of carbonyl (C=O) groups excluding carboxylic acids is 1. The number of aryl methyl sites for hydroxylation is 1. The van der Waals surface area contributed by atoms with E-state index in [9.17, 15) is 24.8 Å². The van der Waals surface area contributed by atoms with E-state index in [2.05, 4.69) is 5.32 Å². The highest BCUT2D eigenvalue weighted by molar-refractivity contribution is 6.13. The highest BCUT2D eigenvalue weighted by atomic mass is 16.6. The van der Waals surface area contributed by atoms with Gasteiger partial charge >= 0.3 is 5.97 Å². The number of benzene rings is 2. The molecule has 0 unspecified atom stereocenters. The van der Waals surface area contributed by atoms with E-state index >= 15 is 0 Å². The lowest BCUT2D eigenvalue weighted by atomic mass is 9.86. The number of ketones is 1. The number of nitro groups is 1. The summed E-state index contributed by atoms with van der Waals surface area (Å²) in [5, 5.41) is 23.2. The number of Topliss-reactive ketones (excluding diaryl/α,β-unsaturated/α-hetero) is 1. The van der Waals surface area contributed by atoms with Gasteiger partial charge < -0.3 is 15.2 Å². The number of anilines is 1. The van der Waals surface area contributed by atoms with Crippen LogP contribution in [0.15, 0.2) is 42.0 Å². The van der Waals surface area contributed by atoms with Crippen molar-refractivity contribution in [1.82, 2.24) is 0 Å². The van der Waals surface area contributed by atoms with Crippen LogP contribution in [0.25, 0.3) is 6.08 Å². The predicted octanol–water partition coefficient (Wildman–Crippen LogP) is 4.09. The minimum Gasteiger partial charge on any atom is -0.478 e. The zero-order valence-electron chi connectivity index (χ0n) is 16.9. The van der Waals surface area contributed by atoms with Crippen molar-refractivity contribution in [2.45, 2.75) is 32.3 Å². The summed E-state index contributed by atoms with van der Waals surface area (Å²) in [7, 11) is 1.61. The summed E-state index contributed by atoms with van der Waals surface area (Å²) < 4.78 is 5.55. The molecule has 1 aliphatic carbocycles. The van der Waals surface area contributed by atoms with Crippen LogP contribution >= 0.6 is 0 Å². The molecule has 30 heavy (non-hydrogen) atoms. The van der Waals surface area contributed by atoms with Crippen LogP contribution < -0.4 is 10.1 Å². The number of fused-ring (bicyclic) bond motifs is 1. The van der Waals surface area contributed by atoms with Gasteiger partial charge in [0.2, 0.25) is 0 Å².